The minimum absolute atomic E-state index is 0.102. The van der Waals surface area contributed by atoms with Crippen molar-refractivity contribution >= 4 is 11.9 Å². The third-order valence-corrected chi connectivity index (χ3v) is 3.49. The molecule has 2 aromatic rings. The molecule has 0 heterocycles. The van der Waals surface area contributed by atoms with Gasteiger partial charge in [-0.1, -0.05) is 31.2 Å². The van der Waals surface area contributed by atoms with Gasteiger partial charge in [-0.05, 0) is 41.8 Å². The fraction of sp³-hybridized carbons (Fsp3) is 0.300. The minimum Gasteiger partial charge on any atom is -0.494 e. The van der Waals surface area contributed by atoms with Crippen LogP contribution in [0.2, 0.25) is 0 Å². The molecule has 0 aliphatic rings. The van der Waals surface area contributed by atoms with Gasteiger partial charge < -0.3 is 19.9 Å². The van der Waals surface area contributed by atoms with Crippen molar-refractivity contribution in [2.24, 2.45) is 0 Å². The van der Waals surface area contributed by atoms with Crippen LogP contribution in [0.1, 0.15) is 24.5 Å². The molecule has 0 bridgehead atoms. The highest BCUT2D eigenvalue weighted by molar-refractivity contribution is 5.78. The Kier molecular flexibility index (Phi) is 7.49. The zero-order chi connectivity index (χ0) is 18.8. The maximum atomic E-state index is 12.2. The van der Waals surface area contributed by atoms with Crippen LogP contribution in [-0.4, -0.2) is 30.2 Å². The molecule has 2 N–H and O–H groups in total. The summed E-state index contributed by atoms with van der Waals surface area (Å²) in [5.74, 6) is 0.0868. The molecule has 0 spiro atoms. The highest BCUT2D eigenvalue weighted by Gasteiger charge is 2.06. The van der Waals surface area contributed by atoms with Gasteiger partial charge in [0.25, 0.3) is 0 Å². The van der Waals surface area contributed by atoms with Crippen LogP contribution >= 0.6 is 0 Å². The second-order valence-corrected chi connectivity index (χ2v) is 5.78. The molecule has 0 fully saturated rings. The van der Waals surface area contributed by atoms with E-state index >= 15 is 0 Å². The van der Waals surface area contributed by atoms with E-state index in [-0.39, 0.29) is 12.3 Å². The van der Waals surface area contributed by atoms with E-state index in [9.17, 15) is 9.59 Å². The van der Waals surface area contributed by atoms with E-state index in [2.05, 4.69) is 5.32 Å². The molecule has 0 radical (unpaired) electrons. The van der Waals surface area contributed by atoms with Gasteiger partial charge in [-0.3, -0.25) is 4.79 Å². The second-order valence-electron chi connectivity index (χ2n) is 5.78. The summed E-state index contributed by atoms with van der Waals surface area (Å²) in [4.78, 5) is 22.7. The van der Waals surface area contributed by atoms with Gasteiger partial charge in [0.2, 0.25) is 5.91 Å². The maximum absolute atomic E-state index is 12.2. The van der Waals surface area contributed by atoms with E-state index in [4.69, 9.17) is 14.6 Å². The van der Waals surface area contributed by atoms with Crippen LogP contribution in [0.25, 0.3) is 0 Å². The number of carbonyl (C=O) groups excluding carboxylic acids is 1. The molecule has 0 saturated heterocycles. The Bertz CT molecular complexity index is 744. The van der Waals surface area contributed by atoms with Crippen molar-refractivity contribution in [3.05, 3.63) is 59.7 Å². The molecule has 2 aromatic carbocycles. The number of nitrogens with one attached hydrogen (secondary N) is 1. The Morgan fingerprint density at radius 1 is 1.00 bits per heavy atom. The molecule has 6 nitrogen and oxygen atoms in total. The first-order valence-electron chi connectivity index (χ1n) is 8.49. The molecule has 0 aliphatic carbocycles. The van der Waals surface area contributed by atoms with E-state index in [1.807, 2.05) is 37.3 Å². The average molecular weight is 357 g/mol. The monoisotopic (exact) mass is 357 g/mol. The first kappa shape index (κ1) is 19.3. The lowest BCUT2D eigenvalue weighted by Crippen LogP contribution is -2.24. The molecule has 2 rings (SSSR count). The maximum Gasteiger partial charge on any atom is 0.341 e. The highest BCUT2D eigenvalue weighted by atomic mass is 16.5. The first-order chi connectivity index (χ1) is 12.6. The van der Waals surface area contributed by atoms with Crippen molar-refractivity contribution in [1.82, 2.24) is 5.32 Å². The van der Waals surface area contributed by atoms with Gasteiger partial charge in [0.05, 0.1) is 13.0 Å². The smallest absolute Gasteiger partial charge is 0.341 e. The topological polar surface area (TPSA) is 84.9 Å². The summed E-state index contributed by atoms with van der Waals surface area (Å²) >= 11 is 0. The molecule has 0 saturated carbocycles. The summed E-state index contributed by atoms with van der Waals surface area (Å²) in [6, 6.07) is 14.5. The lowest BCUT2D eigenvalue weighted by Gasteiger charge is -2.09. The van der Waals surface area contributed by atoms with Crippen molar-refractivity contribution < 1.29 is 24.2 Å². The van der Waals surface area contributed by atoms with Crippen LogP contribution in [0.4, 0.5) is 0 Å². The van der Waals surface area contributed by atoms with Crippen LogP contribution in [-0.2, 0) is 22.6 Å². The first-order valence-corrected chi connectivity index (χ1v) is 8.49. The molecule has 0 unspecified atom stereocenters. The van der Waals surface area contributed by atoms with E-state index in [0.717, 1.165) is 23.3 Å². The normalized spacial score (nSPS) is 10.2. The Morgan fingerprint density at radius 2 is 1.65 bits per heavy atom. The Morgan fingerprint density at radius 3 is 2.35 bits per heavy atom. The quantitative estimate of drug-likeness (QED) is 0.683. The predicted octanol–water partition coefficient (Wildman–Crippen LogP) is 2.80. The Balaban J connectivity index is 1.85. The number of carbonyl (C=O) groups is 2. The molecule has 6 heteroatoms. The molecule has 1 amide bonds. The van der Waals surface area contributed by atoms with E-state index < -0.39 is 12.6 Å². The second kappa shape index (κ2) is 10.1. The summed E-state index contributed by atoms with van der Waals surface area (Å²) in [5.41, 5.74) is 1.72. The lowest BCUT2D eigenvalue weighted by atomic mass is 10.1. The van der Waals surface area contributed by atoms with Gasteiger partial charge in [-0.25, -0.2) is 4.79 Å². The summed E-state index contributed by atoms with van der Waals surface area (Å²) in [5, 5.41) is 11.5. The van der Waals surface area contributed by atoms with Crippen molar-refractivity contribution in [2.45, 2.75) is 26.3 Å². The molecule has 138 valence electrons. The van der Waals surface area contributed by atoms with Crippen LogP contribution < -0.4 is 14.8 Å². The fourth-order valence-corrected chi connectivity index (χ4v) is 2.30. The van der Waals surface area contributed by atoms with Crippen LogP contribution in [0, 0.1) is 0 Å². The number of hydrogen-bond donors (Lipinski definition) is 2. The standard InChI is InChI=1S/C20H23NO5/c1-2-9-25-17-7-3-5-15(10-17)12-19(22)21-13-16-6-4-8-18(11-16)26-14-20(23)24/h3-8,10-11H,2,9,12-14H2,1H3,(H,21,22)(H,23,24). The largest absolute Gasteiger partial charge is 0.494 e. The zero-order valence-corrected chi connectivity index (χ0v) is 14.7. The molecule has 0 atom stereocenters. The van der Waals surface area contributed by atoms with Gasteiger partial charge in [-0.2, -0.15) is 0 Å². The van der Waals surface area contributed by atoms with Gasteiger partial charge in [-0.15, -0.1) is 0 Å². The molecule has 0 aromatic heterocycles. The van der Waals surface area contributed by atoms with Gasteiger partial charge >= 0.3 is 5.97 Å². The number of carboxylic acids is 1. The number of hydrogen-bond acceptors (Lipinski definition) is 4. The molecule has 0 aliphatic heterocycles. The number of aliphatic carboxylic acids is 1. The van der Waals surface area contributed by atoms with Crippen molar-refractivity contribution in [3.8, 4) is 11.5 Å². The fourth-order valence-electron chi connectivity index (χ4n) is 2.30. The number of carboxylic acid groups (broad SMARTS) is 1. The van der Waals surface area contributed by atoms with E-state index in [1.165, 1.54) is 0 Å². The van der Waals surface area contributed by atoms with Crippen molar-refractivity contribution in [1.29, 1.82) is 0 Å². The summed E-state index contributed by atoms with van der Waals surface area (Å²) in [6.45, 7) is 2.64. The average Bonchev–Trinajstić information content (AvgIpc) is 2.64. The van der Waals surface area contributed by atoms with E-state index in [1.54, 1.807) is 18.2 Å². The van der Waals surface area contributed by atoms with Gasteiger partial charge in [0.1, 0.15) is 11.5 Å². The Labute approximate surface area is 152 Å². The predicted molar refractivity (Wildman–Crippen MR) is 97.4 cm³/mol. The van der Waals surface area contributed by atoms with Crippen molar-refractivity contribution in [2.75, 3.05) is 13.2 Å². The Hall–Kier alpha value is -3.02. The SMILES string of the molecule is CCCOc1cccc(CC(=O)NCc2cccc(OCC(=O)O)c2)c1. The molecular weight excluding hydrogens is 334 g/mol. The number of benzene rings is 2. The lowest BCUT2D eigenvalue weighted by molar-refractivity contribution is -0.139. The molecule has 26 heavy (non-hydrogen) atoms. The third kappa shape index (κ3) is 6.84. The number of ether oxygens (including phenoxy) is 2. The highest BCUT2D eigenvalue weighted by Crippen LogP contribution is 2.15. The van der Waals surface area contributed by atoms with Crippen LogP contribution in [0.5, 0.6) is 11.5 Å². The zero-order valence-electron chi connectivity index (χ0n) is 14.7. The van der Waals surface area contributed by atoms with Gasteiger partial charge in [0.15, 0.2) is 6.61 Å². The summed E-state index contributed by atoms with van der Waals surface area (Å²) in [6.07, 6.45) is 1.19. The van der Waals surface area contributed by atoms with Crippen molar-refractivity contribution in [3.63, 3.8) is 0 Å². The van der Waals surface area contributed by atoms with Crippen LogP contribution in [0.15, 0.2) is 48.5 Å². The molecular formula is C20H23NO5. The van der Waals surface area contributed by atoms with Gasteiger partial charge in [0, 0.05) is 6.54 Å². The van der Waals surface area contributed by atoms with E-state index in [0.29, 0.717) is 18.9 Å². The number of amides is 1. The summed E-state index contributed by atoms with van der Waals surface area (Å²) < 4.78 is 10.7. The number of rotatable bonds is 10. The summed E-state index contributed by atoms with van der Waals surface area (Å²) in [7, 11) is 0. The third-order valence-electron chi connectivity index (χ3n) is 3.49. The minimum atomic E-state index is -1.03. The van der Waals surface area contributed by atoms with Crippen LogP contribution in [0.3, 0.4) is 0 Å².